The molecule has 0 bridgehead atoms. The second-order valence-electron chi connectivity index (χ2n) is 5.20. The summed E-state index contributed by atoms with van der Waals surface area (Å²) in [5, 5.41) is 0. The Morgan fingerprint density at radius 1 is 1.22 bits per heavy atom. The fraction of sp³-hybridized carbons (Fsp3) is 1.00. The fourth-order valence-electron chi connectivity index (χ4n) is 2.24. The Morgan fingerprint density at radius 2 is 1.83 bits per heavy atom. The number of nitrogens with one attached hydrogen (secondary N) is 1. The first-order valence-electron chi connectivity index (χ1n) is 6.73. The van der Waals surface area contributed by atoms with E-state index in [0.717, 1.165) is 32.1 Å². The highest BCUT2D eigenvalue weighted by molar-refractivity contribution is 7.87. The molecule has 1 aliphatic carbocycles. The van der Waals surface area contributed by atoms with E-state index in [1.165, 1.54) is 24.8 Å². The molecule has 1 saturated carbocycles. The molecule has 6 heteroatoms. The predicted octanol–water partition coefficient (Wildman–Crippen LogP) is 1.51. The maximum Gasteiger partial charge on any atom is 0.279 e. The van der Waals surface area contributed by atoms with Gasteiger partial charge in [-0.1, -0.05) is 26.2 Å². The van der Waals surface area contributed by atoms with Gasteiger partial charge in [0, 0.05) is 27.2 Å². The summed E-state index contributed by atoms with van der Waals surface area (Å²) in [5.74, 6) is 0. The average Bonchev–Trinajstić information content (AvgIpc) is 2.35. The summed E-state index contributed by atoms with van der Waals surface area (Å²) in [7, 11) is -0.296. The maximum absolute atomic E-state index is 11.7. The van der Waals surface area contributed by atoms with Crippen LogP contribution >= 0.6 is 0 Å². The van der Waals surface area contributed by atoms with Gasteiger partial charge in [0.1, 0.15) is 0 Å². The largest absolute Gasteiger partial charge is 0.374 e. The molecule has 0 aromatic rings. The molecule has 1 rings (SSSR count). The van der Waals surface area contributed by atoms with E-state index in [1.54, 1.807) is 0 Å². The highest BCUT2D eigenvalue weighted by Gasteiger charge is 2.34. The lowest BCUT2D eigenvalue weighted by molar-refractivity contribution is -0.0652. The van der Waals surface area contributed by atoms with Gasteiger partial charge >= 0.3 is 0 Å². The first kappa shape index (κ1) is 15.9. The summed E-state index contributed by atoms with van der Waals surface area (Å²) in [6.07, 6.45) is 6.31. The molecule has 0 heterocycles. The summed E-state index contributed by atoms with van der Waals surface area (Å²) in [6, 6.07) is 0. The lowest BCUT2D eigenvalue weighted by Gasteiger charge is -2.37. The molecule has 108 valence electrons. The van der Waals surface area contributed by atoms with E-state index in [9.17, 15) is 8.42 Å². The van der Waals surface area contributed by atoms with Gasteiger partial charge in [-0.2, -0.15) is 17.4 Å². The van der Waals surface area contributed by atoms with Crippen LogP contribution in [0, 0.1) is 0 Å². The highest BCUT2D eigenvalue weighted by atomic mass is 32.2. The van der Waals surface area contributed by atoms with E-state index in [2.05, 4.69) is 11.6 Å². The molecule has 0 aliphatic heterocycles. The van der Waals surface area contributed by atoms with Crippen molar-refractivity contribution in [3.63, 3.8) is 0 Å². The zero-order valence-corrected chi connectivity index (χ0v) is 12.6. The third kappa shape index (κ3) is 4.50. The standard InChI is InChI=1S/C12H26N2O3S/c1-4-10-17-12(8-6-5-7-9-12)11-13-18(15,16)14(2)3/h13H,4-11H2,1-3H3. The summed E-state index contributed by atoms with van der Waals surface area (Å²) < 4.78 is 33.3. The van der Waals surface area contributed by atoms with Gasteiger partial charge in [0.2, 0.25) is 0 Å². The fourth-order valence-corrected chi connectivity index (χ4v) is 2.94. The second kappa shape index (κ2) is 6.84. The smallest absolute Gasteiger partial charge is 0.279 e. The molecule has 1 fully saturated rings. The van der Waals surface area contributed by atoms with Crippen molar-refractivity contribution in [2.24, 2.45) is 0 Å². The monoisotopic (exact) mass is 278 g/mol. The minimum Gasteiger partial charge on any atom is -0.374 e. The third-order valence-electron chi connectivity index (χ3n) is 3.43. The van der Waals surface area contributed by atoms with Crippen LogP contribution < -0.4 is 4.72 Å². The Hall–Kier alpha value is -0.170. The first-order valence-corrected chi connectivity index (χ1v) is 8.17. The maximum atomic E-state index is 11.7. The molecule has 18 heavy (non-hydrogen) atoms. The van der Waals surface area contributed by atoms with Gasteiger partial charge in [-0.3, -0.25) is 0 Å². The van der Waals surface area contributed by atoms with E-state index in [1.807, 2.05) is 0 Å². The van der Waals surface area contributed by atoms with Crippen LogP contribution in [0.3, 0.4) is 0 Å². The molecule has 0 aromatic carbocycles. The Balaban J connectivity index is 2.61. The van der Waals surface area contributed by atoms with E-state index in [4.69, 9.17) is 4.74 Å². The molecule has 0 unspecified atom stereocenters. The van der Waals surface area contributed by atoms with Gasteiger partial charge in [-0.05, 0) is 19.3 Å². The van der Waals surface area contributed by atoms with Gasteiger partial charge < -0.3 is 4.74 Å². The number of ether oxygens (including phenoxy) is 1. The van der Waals surface area contributed by atoms with Gasteiger partial charge in [0.15, 0.2) is 0 Å². The van der Waals surface area contributed by atoms with E-state index < -0.39 is 10.2 Å². The second-order valence-corrected chi connectivity index (χ2v) is 7.17. The van der Waals surface area contributed by atoms with Gasteiger partial charge in [-0.25, -0.2) is 0 Å². The molecular weight excluding hydrogens is 252 g/mol. The van der Waals surface area contributed by atoms with Gasteiger partial charge in [-0.15, -0.1) is 0 Å². The van der Waals surface area contributed by atoms with Crippen LogP contribution in [-0.2, 0) is 14.9 Å². The zero-order valence-electron chi connectivity index (χ0n) is 11.7. The normalized spacial score (nSPS) is 20.2. The lowest BCUT2D eigenvalue weighted by atomic mass is 9.84. The number of hydrogen-bond donors (Lipinski definition) is 1. The number of rotatable bonds is 7. The highest BCUT2D eigenvalue weighted by Crippen LogP contribution is 2.31. The average molecular weight is 278 g/mol. The molecule has 1 aliphatic rings. The number of hydrogen-bond acceptors (Lipinski definition) is 3. The molecule has 0 saturated heterocycles. The van der Waals surface area contributed by atoms with Crippen molar-refractivity contribution in [1.82, 2.24) is 9.03 Å². The molecule has 0 aromatic heterocycles. The Bertz CT molecular complexity index is 335. The van der Waals surface area contributed by atoms with Crippen molar-refractivity contribution in [2.45, 2.75) is 51.0 Å². The van der Waals surface area contributed by atoms with Crippen LogP contribution in [0.15, 0.2) is 0 Å². The van der Waals surface area contributed by atoms with Crippen LogP contribution in [0.2, 0.25) is 0 Å². The summed E-state index contributed by atoms with van der Waals surface area (Å²) in [5.41, 5.74) is -0.294. The van der Waals surface area contributed by atoms with Crippen molar-refractivity contribution in [1.29, 1.82) is 0 Å². The zero-order chi connectivity index (χ0) is 13.6. The van der Waals surface area contributed by atoms with Crippen LogP contribution in [0.4, 0.5) is 0 Å². The van der Waals surface area contributed by atoms with Crippen molar-refractivity contribution in [3.8, 4) is 0 Å². The third-order valence-corrected chi connectivity index (χ3v) is 4.91. The van der Waals surface area contributed by atoms with E-state index in [-0.39, 0.29) is 5.60 Å². The minimum atomic E-state index is -3.36. The minimum absolute atomic E-state index is 0.294. The first-order chi connectivity index (χ1) is 8.42. The predicted molar refractivity (Wildman–Crippen MR) is 72.7 cm³/mol. The SMILES string of the molecule is CCCOC1(CNS(=O)(=O)N(C)C)CCCCC1. The van der Waals surface area contributed by atoms with Crippen molar-refractivity contribution >= 4 is 10.2 Å². The summed E-state index contributed by atoms with van der Waals surface area (Å²) in [6.45, 7) is 3.15. The quantitative estimate of drug-likeness (QED) is 0.768. The molecule has 0 spiro atoms. The van der Waals surface area contributed by atoms with E-state index >= 15 is 0 Å². The molecule has 5 nitrogen and oxygen atoms in total. The molecular formula is C12H26N2O3S. The van der Waals surface area contributed by atoms with Crippen molar-refractivity contribution in [3.05, 3.63) is 0 Å². The van der Waals surface area contributed by atoms with Crippen LogP contribution in [0.5, 0.6) is 0 Å². The van der Waals surface area contributed by atoms with Crippen molar-refractivity contribution in [2.75, 3.05) is 27.2 Å². The summed E-state index contributed by atoms with van der Waals surface area (Å²) >= 11 is 0. The summed E-state index contributed by atoms with van der Waals surface area (Å²) in [4.78, 5) is 0. The van der Waals surface area contributed by atoms with Crippen molar-refractivity contribution < 1.29 is 13.2 Å². The van der Waals surface area contributed by atoms with Crippen LogP contribution in [0.1, 0.15) is 45.4 Å². The van der Waals surface area contributed by atoms with Crippen LogP contribution in [0.25, 0.3) is 0 Å². The molecule has 0 amide bonds. The number of nitrogens with zero attached hydrogens (tertiary/aromatic N) is 1. The van der Waals surface area contributed by atoms with E-state index in [0.29, 0.717) is 13.2 Å². The Morgan fingerprint density at radius 3 is 2.33 bits per heavy atom. The Labute approximate surface area is 111 Å². The molecule has 1 N–H and O–H groups in total. The van der Waals surface area contributed by atoms with Crippen LogP contribution in [-0.4, -0.2) is 45.6 Å². The van der Waals surface area contributed by atoms with Gasteiger partial charge in [0.05, 0.1) is 5.60 Å². The lowest BCUT2D eigenvalue weighted by Crippen LogP contribution is -2.49. The molecule has 0 radical (unpaired) electrons. The van der Waals surface area contributed by atoms with Gasteiger partial charge in [0.25, 0.3) is 10.2 Å². The topological polar surface area (TPSA) is 58.6 Å². The molecule has 0 atom stereocenters. The Kier molecular flexibility index (Phi) is 6.04.